The molecule has 2 N–H and O–H groups in total. The normalized spacial score (nSPS) is 13.3. The SMILES string of the molecule is Cc1cc(-c2cnc(N)c(OCc3cncc(OCc4ccccc4)c3)n2)cc2c1CCN(C)C2. The highest BCUT2D eigenvalue weighted by Crippen LogP contribution is 2.30. The number of hydrogen-bond donors (Lipinski definition) is 1. The molecule has 0 unspecified atom stereocenters. The minimum Gasteiger partial charge on any atom is -0.487 e. The molecule has 0 bridgehead atoms. The number of aromatic nitrogens is 3. The second-order valence-electron chi connectivity index (χ2n) is 8.96. The molecule has 2 aromatic heterocycles. The lowest BCUT2D eigenvalue weighted by Crippen LogP contribution is -2.27. The van der Waals surface area contributed by atoms with Gasteiger partial charge in [0.2, 0.25) is 0 Å². The molecule has 0 fully saturated rings. The van der Waals surface area contributed by atoms with E-state index < -0.39 is 0 Å². The molecule has 1 aliphatic heterocycles. The van der Waals surface area contributed by atoms with E-state index in [4.69, 9.17) is 20.2 Å². The third-order valence-corrected chi connectivity index (χ3v) is 6.21. The van der Waals surface area contributed by atoms with Crippen LogP contribution in [0.3, 0.4) is 0 Å². The zero-order valence-electron chi connectivity index (χ0n) is 20.1. The molecule has 7 heteroatoms. The first-order valence-electron chi connectivity index (χ1n) is 11.7. The van der Waals surface area contributed by atoms with Gasteiger partial charge in [0.25, 0.3) is 5.88 Å². The maximum absolute atomic E-state index is 6.09. The molecular weight excluding hydrogens is 438 g/mol. The summed E-state index contributed by atoms with van der Waals surface area (Å²) in [4.78, 5) is 15.6. The molecule has 0 aliphatic carbocycles. The Morgan fingerprint density at radius 2 is 1.80 bits per heavy atom. The third kappa shape index (κ3) is 5.41. The second-order valence-corrected chi connectivity index (χ2v) is 8.96. The van der Waals surface area contributed by atoms with Gasteiger partial charge in [0, 0.05) is 30.4 Å². The average molecular weight is 468 g/mol. The van der Waals surface area contributed by atoms with Crippen LogP contribution in [0.4, 0.5) is 5.82 Å². The first-order chi connectivity index (χ1) is 17.0. The largest absolute Gasteiger partial charge is 0.487 e. The number of nitrogens with two attached hydrogens (primary N) is 1. The van der Waals surface area contributed by atoms with Crippen LogP contribution in [0.25, 0.3) is 11.3 Å². The van der Waals surface area contributed by atoms with E-state index in [1.807, 2.05) is 36.4 Å². The average Bonchev–Trinajstić information content (AvgIpc) is 2.87. The highest BCUT2D eigenvalue weighted by Gasteiger charge is 2.17. The van der Waals surface area contributed by atoms with Gasteiger partial charge in [-0.05, 0) is 60.8 Å². The van der Waals surface area contributed by atoms with E-state index >= 15 is 0 Å². The van der Waals surface area contributed by atoms with E-state index in [9.17, 15) is 0 Å². The molecule has 1 aliphatic rings. The summed E-state index contributed by atoms with van der Waals surface area (Å²) in [5.41, 5.74) is 13.9. The van der Waals surface area contributed by atoms with Gasteiger partial charge in [-0.25, -0.2) is 9.97 Å². The molecule has 5 rings (SSSR count). The van der Waals surface area contributed by atoms with Crippen molar-refractivity contribution in [1.29, 1.82) is 0 Å². The number of aryl methyl sites for hydroxylation is 1. The van der Waals surface area contributed by atoms with Crippen molar-refractivity contribution < 1.29 is 9.47 Å². The van der Waals surface area contributed by atoms with Crippen LogP contribution in [0.15, 0.2) is 67.1 Å². The predicted molar refractivity (Wildman–Crippen MR) is 136 cm³/mol. The van der Waals surface area contributed by atoms with Crippen LogP contribution in [-0.2, 0) is 26.2 Å². The number of nitrogen functional groups attached to an aromatic ring is 1. The van der Waals surface area contributed by atoms with Crippen molar-refractivity contribution in [2.45, 2.75) is 33.1 Å². The summed E-state index contributed by atoms with van der Waals surface area (Å²) in [6, 6.07) is 16.3. The van der Waals surface area contributed by atoms with Gasteiger partial charge >= 0.3 is 0 Å². The third-order valence-electron chi connectivity index (χ3n) is 6.21. The van der Waals surface area contributed by atoms with Crippen LogP contribution in [-0.4, -0.2) is 33.4 Å². The number of hydrogen-bond acceptors (Lipinski definition) is 7. The van der Waals surface area contributed by atoms with Gasteiger partial charge in [-0.2, -0.15) is 0 Å². The molecule has 0 spiro atoms. The molecule has 0 amide bonds. The Kier molecular flexibility index (Phi) is 6.59. The Morgan fingerprint density at radius 3 is 2.66 bits per heavy atom. The molecule has 0 saturated heterocycles. The fourth-order valence-electron chi connectivity index (χ4n) is 4.35. The van der Waals surface area contributed by atoms with Crippen molar-refractivity contribution in [3.8, 4) is 22.9 Å². The van der Waals surface area contributed by atoms with Crippen molar-refractivity contribution >= 4 is 5.82 Å². The highest BCUT2D eigenvalue weighted by atomic mass is 16.5. The van der Waals surface area contributed by atoms with Gasteiger partial charge in [-0.1, -0.05) is 30.3 Å². The van der Waals surface area contributed by atoms with Crippen LogP contribution in [0.1, 0.15) is 27.8 Å². The van der Waals surface area contributed by atoms with E-state index in [-0.39, 0.29) is 12.4 Å². The van der Waals surface area contributed by atoms with Crippen molar-refractivity contribution in [3.63, 3.8) is 0 Å². The lowest BCUT2D eigenvalue weighted by Gasteiger charge is -2.27. The number of likely N-dealkylation sites (N-methyl/N-ethyl adjacent to an activating group) is 1. The molecule has 0 saturated carbocycles. The lowest BCUT2D eigenvalue weighted by atomic mass is 9.92. The Morgan fingerprint density at radius 1 is 0.971 bits per heavy atom. The van der Waals surface area contributed by atoms with Crippen LogP contribution >= 0.6 is 0 Å². The number of fused-ring (bicyclic) bond motifs is 1. The summed E-state index contributed by atoms with van der Waals surface area (Å²) in [5, 5.41) is 0. The van der Waals surface area contributed by atoms with Crippen molar-refractivity contribution in [2.24, 2.45) is 0 Å². The summed E-state index contributed by atoms with van der Waals surface area (Å²) < 4.78 is 11.8. The van der Waals surface area contributed by atoms with Crippen molar-refractivity contribution in [2.75, 3.05) is 19.3 Å². The van der Waals surface area contributed by atoms with Gasteiger partial charge < -0.3 is 20.1 Å². The molecule has 3 heterocycles. The Labute approximate surface area is 205 Å². The number of nitrogens with zero attached hydrogens (tertiary/aromatic N) is 4. The summed E-state index contributed by atoms with van der Waals surface area (Å²) in [5.74, 6) is 1.25. The molecule has 2 aromatic carbocycles. The molecule has 4 aromatic rings. The zero-order valence-corrected chi connectivity index (χ0v) is 20.1. The molecule has 178 valence electrons. The smallest absolute Gasteiger partial charge is 0.258 e. The summed E-state index contributed by atoms with van der Waals surface area (Å²) >= 11 is 0. The van der Waals surface area contributed by atoms with Gasteiger partial charge in [-0.3, -0.25) is 4.98 Å². The number of rotatable bonds is 7. The number of ether oxygens (including phenoxy) is 2. The van der Waals surface area contributed by atoms with E-state index in [1.54, 1.807) is 18.6 Å². The van der Waals surface area contributed by atoms with Crippen molar-refractivity contribution in [1.82, 2.24) is 19.9 Å². The molecule has 0 radical (unpaired) electrons. The lowest BCUT2D eigenvalue weighted by molar-refractivity contribution is 0.288. The molecule has 35 heavy (non-hydrogen) atoms. The zero-order chi connectivity index (χ0) is 24.2. The van der Waals surface area contributed by atoms with E-state index in [0.717, 1.165) is 41.9 Å². The fourth-order valence-corrected chi connectivity index (χ4v) is 4.35. The quantitative estimate of drug-likeness (QED) is 0.426. The second kappa shape index (κ2) is 10.1. The number of anilines is 1. The monoisotopic (exact) mass is 467 g/mol. The Balaban J connectivity index is 1.30. The van der Waals surface area contributed by atoms with Crippen LogP contribution < -0.4 is 15.2 Å². The molecular formula is C28H29N5O2. The fraction of sp³-hybridized carbons (Fsp3) is 0.250. The van der Waals surface area contributed by atoms with Gasteiger partial charge in [-0.15, -0.1) is 0 Å². The topological polar surface area (TPSA) is 86.4 Å². The standard InChI is InChI=1S/C28H29N5O2/c1-19-10-22(12-23-16-33(2)9-8-25(19)23)26-15-31-27(29)28(32-26)35-18-21-11-24(14-30-13-21)34-17-20-6-4-3-5-7-20/h3-7,10-15H,8-9,16-18H2,1-2H3,(H2,29,31). The minimum absolute atomic E-state index is 0.256. The first-order valence-corrected chi connectivity index (χ1v) is 11.7. The molecule has 7 nitrogen and oxygen atoms in total. The number of benzene rings is 2. The maximum atomic E-state index is 6.09. The minimum atomic E-state index is 0.256. The Hall–Kier alpha value is -3.97. The van der Waals surface area contributed by atoms with Gasteiger partial charge in [0.15, 0.2) is 5.82 Å². The van der Waals surface area contributed by atoms with Crippen LogP contribution in [0.2, 0.25) is 0 Å². The number of pyridine rings is 1. The first kappa shape index (κ1) is 22.8. The van der Waals surface area contributed by atoms with Crippen molar-refractivity contribution in [3.05, 3.63) is 94.9 Å². The summed E-state index contributed by atoms with van der Waals surface area (Å²) in [7, 11) is 2.15. The predicted octanol–water partition coefficient (Wildman–Crippen LogP) is 4.58. The highest BCUT2D eigenvalue weighted by molar-refractivity contribution is 5.64. The van der Waals surface area contributed by atoms with Gasteiger partial charge in [0.1, 0.15) is 19.0 Å². The van der Waals surface area contributed by atoms with E-state index in [0.29, 0.717) is 18.2 Å². The maximum Gasteiger partial charge on any atom is 0.258 e. The van der Waals surface area contributed by atoms with E-state index in [2.05, 4.69) is 41.0 Å². The van der Waals surface area contributed by atoms with Gasteiger partial charge in [0.05, 0.1) is 18.1 Å². The summed E-state index contributed by atoms with van der Waals surface area (Å²) in [6.07, 6.45) is 6.21. The van der Waals surface area contributed by atoms with E-state index in [1.165, 1.54) is 16.7 Å². The Bertz CT molecular complexity index is 1330. The molecule has 0 atom stereocenters. The van der Waals surface area contributed by atoms with Crippen LogP contribution in [0, 0.1) is 6.92 Å². The summed E-state index contributed by atoms with van der Waals surface area (Å²) in [6.45, 7) is 4.91. The van der Waals surface area contributed by atoms with Crippen LogP contribution in [0.5, 0.6) is 11.6 Å².